The smallest absolute Gasteiger partial charge is 0.241 e. The number of benzene rings is 1. The van der Waals surface area contributed by atoms with Crippen molar-refractivity contribution < 1.29 is 8.42 Å². The van der Waals surface area contributed by atoms with Crippen LogP contribution in [0.25, 0.3) is 0 Å². The number of thiazole rings is 1. The third-order valence-corrected chi connectivity index (χ3v) is 5.29. The van der Waals surface area contributed by atoms with Gasteiger partial charge in [0.2, 0.25) is 10.0 Å². The Labute approximate surface area is 123 Å². The zero-order chi connectivity index (χ0) is 14.8. The molecule has 1 aromatic carbocycles. The van der Waals surface area contributed by atoms with Gasteiger partial charge in [-0.1, -0.05) is 12.1 Å². The molecule has 0 aliphatic rings. The second kappa shape index (κ2) is 5.90. The van der Waals surface area contributed by atoms with Crippen molar-refractivity contribution in [3.8, 4) is 0 Å². The first-order chi connectivity index (χ1) is 9.42. The minimum atomic E-state index is -3.51. The Morgan fingerprint density at radius 1 is 1.30 bits per heavy atom. The van der Waals surface area contributed by atoms with Crippen molar-refractivity contribution >= 4 is 26.5 Å². The maximum absolute atomic E-state index is 12.3. The first kappa shape index (κ1) is 15.0. The minimum absolute atomic E-state index is 0.188. The molecule has 0 bridgehead atoms. The number of aryl methyl sites for hydroxylation is 2. The lowest BCUT2D eigenvalue weighted by molar-refractivity contribution is 0.580. The second-order valence-electron chi connectivity index (χ2n) is 4.49. The molecule has 2 aromatic rings. The van der Waals surface area contributed by atoms with Gasteiger partial charge in [-0.2, -0.15) is 0 Å². The monoisotopic (exact) mass is 311 g/mol. The zero-order valence-electron chi connectivity index (χ0n) is 11.6. The van der Waals surface area contributed by atoms with Crippen LogP contribution >= 0.6 is 11.3 Å². The molecule has 0 fully saturated rings. The molecule has 0 saturated carbocycles. The van der Waals surface area contributed by atoms with Crippen LogP contribution in [0.4, 0.5) is 5.13 Å². The maximum Gasteiger partial charge on any atom is 0.241 e. The molecule has 0 saturated heterocycles. The van der Waals surface area contributed by atoms with Gasteiger partial charge < -0.3 is 5.32 Å². The van der Waals surface area contributed by atoms with Gasteiger partial charge in [0, 0.05) is 12.4 Å². The molecule has 7 heteroatoms. The van der Waals surface area contributed by atoms with Gasteiger partial charge in [0.15, 0.2) is 5.13 Å². The van der Waals surface area contributed by atoms with Crippen molar-refractivity contribution in [2.75, 3.05) is 12.4 Å². The van der Waals surface area contributed by atoms with Crippen LogP contribution in [0, 0.1) is 13.8 Å². The Hall–Kier alpha value is -1.44. The molecule has 0 atom stereocenters. The van der Waals surface area contributed by atoms with E-state index in [0.29, 0.717) is 10.6 Å². The van der Waals surface area contributed by atoms with E-state index < -0.39 is 10.0 Å². The Kier molecular flexibility index (Phi) is 4.42. The summed E-state index contributed by atoms with van der Waals surface area (Å²) in [5.41, 5.74) is 2.35. The van der Waals surface area contributed by atoms with Gasteiger partial charge in [0.1, 0.15) is 0 Å². The lowest BCUT2D eigenvalue weighted by Gasteiger charge is -2.09. The maximum atomic E-state index is 12.3. The Morgan fingerprint density at radius 3 is 2.70 bits per heavy atom. The van der Waals surface area contributed by atoms with Crippen LogP contribution in [-0.2, 0) is 16.6 Å². The summed E-state index contributed by atoms with van der Waals surface area (Å²) in [6.07, 6.45) is 0. The highest BCUT2D eigenvalue weighted by molar-refractivity contribution is 7.89. The number of nitrogens with zero attached hydrogens (tertiary/aromatic N) is 1. The van der Waals surface area contributed by atoms with Gasteiger partial charge in [0.05, 0.1) is 17.1 Å². The minimum Gasteiger partial charge on any atom is -0.365 e. The average Bonchev–Trinajstić information content (AvgIpc) is 2.87. The van der Waals surface area contributed by atoms with Gasteiger partial charge in [-0.25, -0.2) is 18.1 Å². The van der Waals surface area contributed by atoms with Crippen LogP contribution in [0.5, 0.6) is 0 Å². The van der Waals surface area contributed by atoms with Gasteiger partial charge in [-0.3, -0.25) is 0 Å². The van der Waals surface area contributed by atoms with E-state index in [9.17, 15) is 8.42 Å². The Bertz CT molecular complexity index is 708. The fourth-order valence-corrected chi connectivity index (χ4v) is 3.74. The number of aromatic nitrogens is 1. The van der Waals surface area contributed by atoms with Crippen molar-refractivity contribution in [2.45, 2.75) is 25.3 Å². The van der Waals surface area contributed by atoms with E-state index in [4.69, 9.17) is 0 Å². The van der Waals surface area contributed by atoms with Crippen molar-refractivity contribution in [3.63, 3.8) is 0 Å². The third kappa shape index (κ3) is 3.36. The molecule has 0 aliphatic heterocycles. The molecule has 108 valence electrons. The molecule has 1 aromatic heterocycles. The van der Waals surface area contributed by atoms with Crippen LogP contribution in [0.1, 0.15) is 16.8 Å². The number of anilines is 1. The molecule has 20 heavy (non-hydrogen) atoms. The summed E-state index contributed by atoms with van der Waals surface area (Å²) in [7, 11) is -1.73. The lowest BCUT2D eigenvalue weighted by Crippen LogP contribution is -2.24. The largest absolute Gasteiger partial charge is 0.365 e. The van der Waals surface area contributed by atoms with Crippen molar-refractivity contribution in [1.82, 2.24) is 9.71 Å². The molecule has 0 aliphatic carbocycles. The molecule has 0 unspecified atom stereocenters. The number of rotatable bonds is 5. The zero-order valence-corrected chi connectivity index (χ0v) is 13.2. The van der Waals surface area contributed by atoms with E-state index in [1.54, 1.807) is 20.0 Å². The van der Waals surface area contributed by atoms with Crippen LogP contribution in [0.15, 0.2) is 28.5 Å². The van der Waals surface area contributed by atoms with Crippen molar-refractivity contribution in [3.05, 3.63) is 40.4 Å². The fraction of sp³-hybridized carbons (Fsp3) is 0.308. The first-order valence-electron chi connectivity index (χ1n) is 6.11. The summed E-state index contributed by atoms with van der Waals surface area (Å²) >= 11 is 1.44. The topological polar surface area (TPSA) is 71.1 Å². The SMILES string of the molecule is CNc1nc(CNS(=O)(=O)c2cc(C)ccc2C)cs1. The van der Waals surface area contributed by atoms with E-state index in [1.165, 1.54) is 11.3 Å². The van der Waals surface area contributed by atoms with Crippen LogP contribution in [0.2, 0.25) is 0 Å². The standard InChI is InChI=1S/C13H17N3O2S2/c1-9-4-5-10(2)12(6-9)20(17,18)15-7-11-8-19-13(14-3)16-11/h4-6,8,15H,7H2,1-3H3,(H,14,16). The highest BCUT2D eigenvalue weighted by atomic mass is 32.2. The molecular weight excluding hydrogens is 294 g/mol. The highest BCUT2D eigenvalue weighted by Gasteiger charge is 2.17. The van der Waals surface area contributed by atoms with Gasteiger partial charge in [0.25, 0.3) is 0 Å². The molecule has 1 heterocycles. The van der Waals surface area contributed by atoms with E-state index in [0.717, 1.165) is 16.3 Å². The fourth-order valence-electron chi connectivity index (χ4n) is 1.75. The summed E-state index contributed by atoms with van der Waals surface area (Å²) in [5, 5.41) is 5.52. The summed E-state index contributed by atoms with van der Waals surface area (Å²) in [5.74, 6) is 0. The van der Waals surface area contributed by atoms with Crippen LogP contribution < -0.4 is 10.0 Å². The molecule has 2 rings (SSSR count). The Balaban J connectivity index is 2.17. The highest BCUT2D eigenvalue weighted by Crippen LogP contribution is 2.18. The molecular formula is C13H17N3O2S2. The van der Waals surface area contributed by atoms with E-state index >= 15 is 0 Å². The number of nitrogens with one attached hydrogen (secondary N) is 2. The van der Waals surface area contributed by atoms with E-state index in [1.807, 2.05) is 24.4 Å². The normalized spacial score (nSPS) is 11.6. The molecule has 0 radical (unpaired) electrons. The molecule has 0 spiro atoms. The molecule has 0 amide bonds. The first-order valence-corrected chi connectivity index (χ1v) is 8.48. The lowest BCUT2D eigenvalue weighted by atomic mass is 10.2. The van der Waals surface area contributed by atoms with E-state index in [-0.39, 0.29) is 6.54 Å². The van der Waals surface area contributed by atoms with Crippen LogP contribution in [-0.4, -0.2) is 20.4 Å². The number of hydrogen-bond donors (Lipinski definition) is 2. The second-order valence-corrected chi connectivity index (χ2v) is 7.08. The van der Waals surface area contributed by atoms with Gasteiger partial charge in [-0.05, 0) is 31.0 Å². The summed E-state index contributed by atoms with van der Waals surface area (Å²) < 4.78 is 27.2. The quantitative estimate of drug-likeness (QED) is 0.888. The summed E-state index contributed by atoms with van der Waals surface area (Å²) in [6.45, 7) is 3.85. The predicted octanol–water partition coefficient (Wildman–Crippen LogP) is 2.28. The summed E-state index contributed by atoms with van der Waals surface area (Å²) in [6, 6.07) is 5.39. The van der Waals surface area contributed by atoms with Gasteiger partial charge in [-0.15, -0.1) is 11.3 Å². The Morgan fingerprint density at radius 2 is 2.05 bits per heavy atom. The average molecular weight is 311 g/mol. The molecule has 5 nitrogen and oxygen atoms in total. The predicted molar refractivity (Wildman–Crippen MR) is 81.6 cm³/mol. The summed E-state index contributed by atoms with van der Waals surface area (Å²) in [4.78, 5) is 4.57. The number of sulfonamides is 1. The van der Waals surface area contributed by atoms with Crippen LogP contribution in [0.3, 0.4) is 0 Å². The molecule has 2 N–H and O–H groups in total. The third-order valence-electron chi connectivity index (χ3n) is 2.84. The van der Waals surface area contributed by atoms with Crippen molar-refractivity contribution in [1.29, 1.82) is 0 Å². The van der Waals surface area contributed by atoms with Crippen molar-refractivity contribution in [2.24, 2.45) is 0 Å². The van der Waals surface area contributed by atoms with E-state index in [2.05, 4.69) is 15.0 Å². The number of hydrogen-bond acceptors (Lipinski definition) is 5. The van der Waals surface area contributed by atoms with Gasteiger partial charge >= 0.3 is 0 Å².